The smallest absolute Gasteiger partial charge is 0.338 e. The van der Waals surface area contributed by atoms with Crippen molar-refractivity contribution in [2.45, 2.75) is 20.4 Å². The summed E-state index contributed by atoms with van der Waals surface area (Å²) >= 11 is 6.06. The first-order chi connectivity index (χ1) is 12.4. The number of esters is 1. The molecular formula is C19H18ClNO5. The van der Waals surface area contributed by atoms with Gasteiger partial charge in [0, 0.05) is 23.5 Å². The van der Waals surface area contributed by atoms with Crippen LogP contribution in [0, 0.1) is 13.8 Å². The molecule has 0 aliphatic carbocycles. The Morgan fingerprint density at radius 1 is 1.31 bits per heavy atom. The predicted molar refractivity (Wildman–Crippen MR) is 96.3 cm³/mol. The Hall–Kier alpha value is -2.73. The van der Waals surface area contributed by atoms with Crippen molar-refractivity contribution >= 4 is 23.4 Å². The van der Waals surface area contributed by atoms with Crippen LogP contribution in [-0.2, 0) is 11.3 Å². The Morgan fingerprint density at radius 2 is 2.08 bits per heavy atom. The number of allylic oxidation sites excluding steroid dienone is 1. The predicted octanol–water partition coefficient (Wildman–Crippen LogP) is 3.71. The summed E-state index contributed by atoms with van der Waals surface area (Å²) in [5.74, 6) is -0.148. The third-order valence-corrected chi connectivity index (χ3v) is 4.46. The minimum Gasteiger partial charge on any atom is -0.454 e. The summed E-state index contributed by atoms with van der Waals surface area (Å²) in [6.45, 7) is 7.77. The van der Waals surface area contributed by atoms with E-state index in [4.69, 9.17) is 25.8 Å². The molecule has 0 fully saturated rings. The zero-order valence-corrected chi connectivity index (χ0v) is 15.3. The summed E-state index contributed by atoms with van der Waals surface area (Å²) in [5.41, 5.74) is 2.49. The largest absolute Gasteiger partial charge is 0.454 e. The average molecular weight is 376 g/mol. The number of halogens is 1. The molecule has 0 radical (unpaired) electrons. The molecule has 136 valence electrons. The van der Waals surface area contributed by atoms with Crippen molar-refractivity contribution in [1.82, 2.24) is 4.57 Å². The number of fused-ring (bicyclic) bond motifs is 1. The highest BCUT2D eigenvalue weighted by atomic mass is 35.5. The van der Waals surface area contributed by atoms with Gasteiger partial charge < -0.3 is 18.8 Å². The van der Waals surface area contributed by atoms with E-state index in [9.17, 15) is 9.59 Å². The number of ether oxygens (including phenoxy) is 3. The van der Waals surface area contributed by atoms with Gasteiger partial charge in [-0.3, -0.25) is 4.79 Å². The summed E-state index contributed by atoms with van der Waals surface area (Å²) in [4.78, 5) is 24.7. The normalized spacial score (nSPS) is 12.1. The standard InChI is InChI=1S/C19H18ClNO5/c1-4-5-21-11(2)6-14(12(21)3)16(22)9-24-19(23)13-7-15(20)18-17(8-13)25-10-26-18/h4,6-8H,1,5,9-10H2,2-3H3. The number of hydrogen-bond acceptors (Lipinski definition) is 5. The number of ketones is 1. The highest BCUT2D eigenvalue weighted by Crippen LogP contribution is 2.39. The molecule has 0 unspecified atom stereocenters. The number of carbonyl (C=O) groups is 2. The third-order valence-electron chi connectivity index (χ3n) is 4.18. The van der Waals surface area contributed by atoms with Gasteiger partial charge in [-0.1, -0.05) is 17.7 Å². The lowest BCUT2D eigenvalue weighted by molar-refractivity contribution is 0.0474. The van der Waals surface area contributed by atoms with Gasteiger partial charge in [0.15, 0.2) is 18.1 Å². The average Bonchev–Trinajstić information content (AvgIpc) is 3.19. The van der Waals surface area contributed by atoms with Crippen LogP contribution in [0.3, 0.4) is 0 Å². The minimum absolute atomic E-state index is 0.0480. The molecule has 0 amide bonds. The molecule has 0 N–H and O–H groups in total. The van der Waals surface area contributed by atoms with Crippen LogP contribution in [0.4, 0.5) is 0 Å². The molecule has 6 nitrogen and oxygen atoms in total. The van der Waals surface area contributed by atoms with Gasteiger partial charge in [0.2, 0.25) is 12.6 Å². The topological polar surface area (TPSA) is 66.8 Å². The SMILES string of the molecule is C=CCn1c(C)cc(C(=O)COC(=O)c2cc(Cl)c3c(c2)OCO3)c1C. The van der Waals surface area contributed by atoms with E-state index in [1.807, 2.05) is 18.4 Å². The van der Waals surface area contributed by atoms with Crippen molar-refractivity contribution < 1.29 is 23.8 Å². The third kappa shape index (κ3) is 3.32. The second-order valence-electron chi connectivity index (χ2n) is 5.88. The maximum absolute atomic E-state index is 12.4. The van der Waals surface area contributed by atoms with E-state index in [1.54, 1.807) is 12.1 Å². The van der Waals surface area contributed by atoms with Crippen LogP contribution >= 0.6 is 11.6 Å². The molecule has 7 heteroatoms. The molecule has 1 aromatic carbocycles. The molecule has 2 aromatic rings. The molecule has 0 saturated heterocycles. The zero-order valence-electron chi connectivity index (χ0n) is 14.5. The summed E-state index contributed by atoms with van der Waals surface area (Å²) in [6.07, 6.45) is 1.76. The summed E-state index contributed by atoms with van der Waals surface area (Å²) in [5, 5.41) is 0.256. The van der Waals surface area contributed by atoms with Gasteiger partial charge in [0.1, 0.15) is 0 Å². The zero-order chi connectivity index (χ0) is 18.8. The molecule has 0 saturated carbocycles. The van der Waals surface area contributed by atoms with Gasteiger partial charge in [0.25, 0.3) is 0 Å². The van der Waals surface area contributed by atoms with Crippen LogP contribution < -0.4 is 9.47 Å². The number of nitrogens with zero attached hydrogens (tertiary/aromatic N) is 1. The molecule has 0 spiro atoms. The van der Waals surface area contributed by atoms with Crippen molar-refractivity contribution in [3.05, 3.63) is 58.4 Å². The van der Waals surface area contributed by atoms with Crippen LogP contribution in [0.1, 0.15) is 32.1 Å². The fourth-order valence-corrected chi connectivity index (χ4v) is 3.14. The summed E-state index contributed by atoms with van der Waals surface area (Å²) < 4.78 is 17.5. The molecule has 1 aliphatic rings. The van der Waals surface area contributed by atoms with Crippen LogP contribution in [-0.4, -0.2) is 29.7 Å². The highest BCUT2D eigenvalue weighted by Gasteiger charge is 2.22. The Kier molecular flexibility index (Phi) is 5.04. The van der Waals surface area contributed by atoms with Crippen molar-refractivity contribution in [2.24, 2.45) is 0 Å². The second kappa shape index (κ2) is 7.25. The highest BCUT2D eigenvalue weighted by molar-refractivity contribution is 6.32. The number of aryl methyl sites for hydroxylation is 1. The van der Waals surface area contributed by atoms with Crippen molar-refractivity contribution in [3.63, 3.8) is 0 Å². The molecule has 1 aliphatic heterocycles. The van der Waals surface area contributed by atoms with Gasteiger partial charge >= 0.3 is 5.97 Å². The first kappa shape index (κ1) is 18.1. The van der Waals surface area contributed by atoms with Gasteiger partial charge in [-0.05, 0) is 32.0 Å². The minimum atomic E-state index is -0.654. The van der Waals surface area contributed by atoms with E-state index in [0.717, 1.165) is 11.4 Å². The fourth-order valence-electron chi connectivity index (χ4n) is 2.87. The molecule has 26 heavy (non-hydrogen) atoms. The number of hydrogen-bond donors (Lipinski definition) is 0. The quantitative estimate of drug-likeness (QED) is 0.437. The number of benzene rings is 1. The Morgan fingerprint density at radius 3 is 2.81 bits per heavy atom. The van der Waals surface area contributed by atoms with Crippen LogP contribution in [0.15, 0.2) is 30.9 Å². The van der Waals surface area contributed by atoms with E-state index >= 15 is 0 Å². The lowest BCUT2D eigenvalue weighted by Gasteiger charge is -2.07. The van der Waals surface area contributed by atoms with Crippen molar-refractivity contribution in [2.75, 3.05) is 13.4 Å². The summed E-state index contributed by atoms with van der Waals surface area (Å²) in [7, 11) is 0. The Bertz CT molecular complexity index is 900. The monoisotopic (exact) mass is 375 g/mol. The van der Waals surface area contributed by atoms with E-state index < -0.39 is 5.97 Å². The summed E-state index contributed by atoms with van der Waals surface area (Å²) in [6, 6.07) is 4.70. The number of rotatable bonds is 6. The van der Waals surface area contributed by atoms with Gasteiger partial charge in [-0.15, -0.1) is 6.58 Å². The number of carbonyl (C=O) groups excluding carboxylic acids is 2. The Balaban J connectivity index is 1.70. The maximum Gasteiger partial charge on any atom is 0.338 e. The van der Waals surface area contributed by atoms with Crippen LogP contribution in [0.25, 0.3) is 0 Å². The molecule has 0 atom stereocenters. The Labute approximate surface area is 155 Å². The first-order valence-electron chi connectivity index (χ1n) is 7.99. The fraction of sp³-hybridized carbons (Fsp3) is 0.263. The van der Waals surface area contributed by atoms with E-state index in [0.29, 0.717) is 23.6 Å². The van der Waals surface area contributed by atoms with Crippen molar-refractivity contribution in [3.8, 4) is 11.5 Å². The lowest BCUT2D eigenvalue weighted by Crippen LogP contribution is -2.15. The van der Waals surface area contributed by atoms with Crippen molar-refractivity contribution in [1.29, 1.82) is 0 Å². The van der Waals surface area contributed by atoms with Gasteiger partial charge in [0.05, 0.1) is 10.6 Å². The van der Waals surface area contributed by atoms with E-state index in [-0.39, 0.29) is 29.8 Å². The molecule has 0 bridgehead atoms. The van der Waals surface area contributed by atoms with Gasteiger partial charge in [-0.2, -0.15) is 0 Å². The number of aromatic nitrogens is 1. The lowest BCUT2D eigenvalue weighted by atomic mass is 10.1. The second-order valence-corrected chi connectivity index (χ2v) is 6.28. The first-order valence-corrected chi connectivity index (χ1v) is 8.37. The molecule has 3 rings (SSSR count). The van der Waals surface area contributed by atoms with Crippen LogP contribution in [0.2, 0.25) is 5.02 Å². The van der Waals surface area contributed by atoms with Gasteiger partial charge in [-0.25, -0.2) is 4.79 Å². The van der Waals surface area contributed by atoms with E-state index in [2.05, 4.69) is 6.58 Å². The molecular weight excluding hydrogens is 358 g/mol. The van der Waals surface area contributed by atoms with E-state index in [1.165, 1.54) is 12.1 Å². The van der Waals surface area contributed by atoms with Crippen LogP contribution in [0.5, 0.6) is 11.5 Å². The number of Topliss-reactive ketones (excluding diaryl/α,β-unsaturated/α-hetero) is 1. The molecule has 2 heterocycles. The maximum atomic E-state index is 12.4. The molecule has 1 aromatic heterocycles.